The van der Waals surface area contributed by atoms with Gasteiger partial charge in [0.1, 0.15) is 23.7 Å². The lowest BCUT2D eigenvalue weighted by Crippen LogP contribution is -2.36. The number of fused-ring (bicyclic) bond motifs is 1. The molecule has 0 saturated carbocycles. The number of benzene rings is 2. The van der Waals surface area contributed by atoms with Crippen molar-refractivity contribution >= 4 is 22.8 Å². The molecule has 0 atom stereocenters. The molecule has 0 aliphatic carbocycles. The number of hydrogen-bond donors (Lipinski definition) is 3. The number of carbonyl (C=O) groups is 2. The third-order valence-corrected chi connectivity index (χ3v) is 4.82. The highest BCUT2D eigenvalue weighted by Gasteiger charge is 2.37. The average molecular weight is 506 g/mol. The van der Waals surface area contributed by atoms with E-state index in [1.807, 2.05) is 0 Å². The molecule has 35 heavy (non-hydrogen) atoms. The van der Waals surface area contributed by atoms with E-state index >= 15 is 0 Å². The van der Waals surface area contributed by atoms with Crippen LogP contribution in [0, 0.1) is 5.82 Å². The summed E-state index contributed by atoms with van der Waals surface area (Å²) in [5.41, 5.74) is -6.69. The van der Waals surface area contributed by atoms with E-state index < -0.39 is 82.1 Å². The van der Waals surface area contributed by atoms with Gasteiger partial charge in [-0.15, -0.1) is 0 Å². The van der Waals surface area contributed by atoms with Gasteiger partial charge in [-0.1, -0.05) is 0 Å². The first-order valence-corrected chi connectivity index (χ1v) is 9.43. The van der Waals surface area contributed by atoms with Crippen LogP contribution in [-0.4, -0.2) is 33.2 Å². The van der Waals surface area contributed by atoms with Crippen LogP contribution in [-0.2, 0) is 23.7 Å². The molecule has 3 N–H and O–H groups in total. The molecule has 0 unspecified atom stereocenters. The number of aromatic hydroxyl groups is 1. The molecule has 0 aliphatic heterocycles. The minimum absolute atomic E-state index is 0.110. The molecule has 7 nitrogen and oxygen atoms in total. The van der Waals surface area contributed by atoms with Crippen LogP contribution in [0.25, 0.3) is 10.9 Å². The van der Waals surface area contributed by atoms with Gasteiger partial charge in [0.15, 0.2) is 0 Å². The quantitative estimate of drug-likeness (QED) is 0.457. The van der Waals surface area contributed by atoms with Crippen molar-refractivity contribution in [3.05, 3.63) is 74.8 Å². The Hall–Kier alpha value is -4.10. The van der Waals surface area contributed by atoms with Crippen LogP contribution < -0.4 is 10.9 Å². The van der Waals surface area contributed by atoms with Crippen LogP contribution in [0.3, 0.4) is 0 Å². The Morgan fingerprint density at radius 3 is 2.03 bits per heavy atom. The second kappa shape index (κ2) is 8.92. The highest BCUT2D eigenvalue weighted by atomic mass is 19.4. The van der Waals surface area contributed by atoms with Crippen molar-refractivity contribution in [2.75, 3.05) is 6.54 Å². The zero-order valence-electron chi connectivity index (χ0n) is 17.1. The summed E-state index contributed by atoms with van der Waals surface area (Å²) in [6, 6.07) is 3.06. The molecule has 0 saturated heterocycles. The summed E-state index contributed by atoms with van der Waals surface area (Å²) in [4.78, 5) is 36.1. The summed E-state index contributed by atoms with van der Waals surface area (Å²) in [6.07, 6.45) is -10.3. The molecule has 2 aromatic carbocycles. The number of nitrogens with one attached hydrogen (secondary N) is 1. The van der Waals surface area contributed by atoms with Gasteiger partial charge < -0.3 is 20.1 Å². The molecule has 0 bridgehead atoms. The number of pyridine rings is 1. The summed E-state index contributed by atoms with van der Waals surface area (Å²) in [5, 5.41) is 20.4. The highest BCUT2D eigenvalue weighted by Crippen LogP contribution is 2.37. The van der Waals surface area contributed by atoms with E-state index in [9.17, 15) is 50.2 Å². The average Bonchev–Trinajstić information content (AvgIpc) is 2.74. The van der Waals surface area contributed by atoms with Crippen LogP contribution in [0.4, 0.5) is 30.7 Å². The van der Waals surface area contributed by atoms with Crippen molar-refractivity contribution in [1.29, 1.82) is 0 Å². The van der Waals surface area contributed by atoms with Crippen molar-refractivity contribution in [2.24, 2.45) is 0 Å². The Balaban J connectivity index is 2.27. The third kappa shape index (κ3) is 5.36. The van der Waals surface area contributed by atoms with Crippen molar-refractivity contribution in [1.82, 2.24) is 9.88 Å². The molecule has 3 aromatic rings. The van der Waals surface area contributed by atoms with Crippen LogP contribution in [0.5, 0.6) is 5.75 Å². The Morgan fingerprint density at radius 2 is 1.51 bits per heavy atom. The molecule has 1 amide bonds. The van der Waals surface area contributed by atoms with Gasteiger partial charge in [-0.3, -0.25) is 14.4 Å². The number of hydrogen-bond acceptors (Lipinski definition) is 4. The van der Waals surface area contributed by atoms with E-state index in [0.29, 0.717) is 22.8 Å². The van der Waals surface area contributed by atoms with Gasteiger partial charge in [0, 0.05) is 5.39 Å². The topological polar surface area (TPSA) is 109 Å². The van der Waals surface area contributed by atoms with Crippen LogP contribution in [0.15, 0.2) is 41.2 Å². The Kier molecular flexibility index (Phi) is 6.51. The predicted molar refractivity (Wildman–Crippen MR) is 105 cm³/mol. The van der Waals surface area contributed by atoms with Crippen LogP contribution in [0.1, 0.15) is 27.0 Å². The normalized spacial score (nSPS) is 12.1. The van der Waals surface area contributed by atoms with E-state index in [1.165, 1.54) is 0 Å². The molecule has 3 rings (SSSR count). The van der Waals surface area contributed by atoms with Gasteiger partial charge in [0.05, 0.1) is 23.2 Å². The van der Waals surface area contributed by atoms with E-state index in [2.05, 4.69) is 0 Å². The second-order valence-corrected chi connectivity index (χ2v) is 7.27. The third-order valence-electron chi connectivity index (χ3n) is 4.82. The zero-order chi connectivity index (χ0) is 26.3. The van der Waals surface area contributed by atoms with Crippen molar-refractivity contribution in [2.45, 2.75) is 18.9 Å². The number of carboxylic acid groups (broad SMARTS) is 1. The molecular weight excluding hydrogens is 493 g/mol. The van der Waals surface area contributed by atoms with Gasteiger partial charge in [-0.2, -0.15) is 26.3 Å². The fraction of sp³-hybridized carbons (Fsp3) is 0.190. The van der Waals surface area contributed by atoms with E-state index in [1.54, 1.807) is 5.32 Å². The molecule has 0 aliphatic rings. The predicted octanol–water partition coefficient (Wildman–Crippen LogP) is 3.75. The number of aliphatic carboxylic acids is 1. The summed E-state index contributed by atoms with van der Waals surface area (Å²) in [7, 11) is 0. The fourth-order valence-corrected chi connectivity index (χ4v) is 3.31. The smallest absolute Gasteiger partial charge is 0.416 e. The molecule has 0 radical (unpaired) electrons. The standard InChI is InChI=1S/C21H13F7N2O5/c22-12-1-2-14-13(6-12)17(33)16(18(34)29-7-15(31)32)19(35)30(14)8-9-3-10(20(23,24)25)5-11(4-9)21(26,27)28/h1-6,33H,7-8H2,(H,29,34)(H,31,32). The first-order chi connectivity index (χ1) is 16.1. The molecule has 1 aromatic heterocycles. The maximum atomic E-state index is 13.8. The van der Waals surface area contributed by atoms with E-state index in [-0.39, 0.29) is 11.6 Å². The van der Waals surface area contributed by atoms with Crippen LogP contribution >= 0.6 is 0 Å². The van der Waals surface area contributed by atoms with Crippen LogP contribution in [0.2, 0.25) is 0 Å². The molecule has 0 fully saturated rings. The highest BCUT2D eigenvalue weighted by molar-refractivity contribution is 6.03. The Labute approximate surface area is 190 Å². The van der Waals surface area contributed by atoms with Crippen molar-refractivity contribution < 1.29 is 50.5 Å². The first-order valence-electron chi connectivity index (χ1n) is 9.43. The lowest BCUT2D eigenvalue weighted by molar-refractivity contribution is -0.143. The summed E-state index contributed by atoms with van der Waals surface area (Å²) >= 11 is 0. The second-order valence-electron chi connectivity index (χ2n) is 7.27. The number of halogens is 7. The fourth-order valence-electron chi connectivity index (χ4n) is 3.31. The molecule has 0 spiro atoms. The number of alkyl halides is 6. The number of carbonyl (C=O) groups excluding carboxylic acids is 1. The largest absolute Gasteiger partial charge is 0.506 e. The van der Waals surface area contributed by atoms with Crippen molar-refractivity contribution in [3.8, 4) is 5.75 Å². The van der Waals surface area contributed by atoms with Gasteiger partial charge in [-0.25, -0.2) is 4.39 Å². The molecular formula is C21H13F7N2O5. The lowest BCUT2D eigenvalue weighted by Gasteiger charge is -2.17. The summed E-state index contributed by atoms with van der Waals surface area (Å²) < 4.78 is 93.7. The van der Waals surface area contributed by atoms with Crippen molar-refractivity contribution in [3.63, 3.8) is 0 Å². The minimum atomic E-state index is -5.16. The van der Waals surface area contributed by atoms with Gasteiger partial charge in [0.2, 0.25) is 0 Å². The maximum Gasteiger partial charge on any atom is 0.416 e. The maximum absolute atomic E-state index is 13.8. The SMILES string of the molecule is O=C(O)CNC(=O)c1c(O)c2cc(F)ccc2n(Cc2cc(C(F)(F)F)cc(C(F)(F)F)c2)c1=O. The minimum Gasteiger partial charge on any atom is -0.506 e. The number of aromatic nitrogens is 1. The molecule has 14 heteroatoms. The summed E-state index contributed by atoms with van der Waals surface area (Å²) in [5.74, 6) is -4.93. The Morgan fingerprint density at radius 1 is 0.943 bits per heavy atom. The van der Waals surface area contributed by atoms with Gasteiger partial charge >= 0.3 is 18.3 Å². The number of rotatable bonds is 5. The monoisotopic (exact) mass is 506 g/mol. The number of carboxylic acids is 1. The first kappa shape index (κ1) is 25.5. The Bertz CT molecular complexity index is 1360. The number of amides is 1. The van der Waals surface area contributed by atoms with E-state index in [0.717, 1.165) is 12.1 Å². The summed E-state index contributed by atoms with van der Waals surface area (Å²) in [6.45, 7) is -1.92. The number of nitrogens with zero attached hydrogens (tertiary/aromatic N) is 1. The van der Waals surface area contributed by atoms with Gasteiger partial charge in [0.25, 0.3) is 11.5 Å². The zero-order valence-corrected chi connectivity index (χ0v) is 17.1. The molecule has 186 valence electrons. The van der Waals surface area contributed by atoms with Gasteiger partial charge in [-0.05, 0) is 42.0 Å². The molecule has 1 heterocycles. The lowest BCUT2D eigenvalue weighted by atomic mass is 10.0. The van der Waals surface area contributed by atoms with E-state index in [4.69, 9.17) is 5.11 Å².